The second-order valence-electron chi connectivity index (χ2n) is 5.41. The van der Waals surface area contributed by atoms with E-state index in [-0.39, 0.29) is 0 Å². The van der Waals surface area contributed by atoms with E-state index in [2.05, 4.69) is 27.1 Å². The van der Waals surface area contributed by atoms with Crippen LogP contribution in [0.15, 0.2) is 54.9 Å². The third-order valence-corrected chi connectivity index (χ3v) is 3.70. The van der Waals surface area contributed by atoms with Gasteiger partial charge in [-0.2, -0.15) is 0 Å². The highest BCUT2D eigenvalue weighted by Crippen LogP contribution is 2.23. The summed E-state index contributed by atoms with van der Waals surface area (Å²) in [5, 5.41) is 5.57. The summed E-state index contributed by atoms with van der Waals surface area (Å²) >= 11 is 0. The lowest BCUT2D eigenvalue weighted by Gasteiger charge is -2.12. The monoisotopic (exact) mass is 289 g/mol. The Hall–Kier alpha value is -2.95. The second-order valence-corrected chi connectivity index (χ2v) is 5.41. The van der Waals surface area contributed by atoms with Crippen LogP contribution in [0.4, 0.5) is 5.69 Å². The van der Waals surface area contributed by atoms with E-state index in [1.54, 1.807) is 10.8 Å². The smallest absolute Gasteiger partial charge is 0.182 e. The molecule has 4 rings (SSSR count). The van der Waals surface area contributed by atoms with Gasteiger partial charge < -0.3 is 4.90 Å². The van der Waals surface area contributed by atoms with Crippen molar-refractivity contribution in [1.29, 1.82) is 0 Å². The van der Waals surface area contributed by atoms with Gasteiger partial charge in [0.15, 0.2) is 11.5 Å². The summed E-state index contributed by atoms with van der Waals surface area (Å²) in [6.07, 6.45) is 1.71. The Bertz CT molecular complexity index is 971. The highest BCUT2D eigenvalue weighted by molar-refractivity contribution is 5.91. The van der Waals surface area contributed by atoms with Crippen molar-refractivity contribution in [3.63, 3.8) is 0 Å². The summed E-state index contributed by atoms with van der Waals surface area (Å²) in [7, 11) is 4.04. The Morgan fingerprint density at radius 2 is 1.86 bits per heavy atom. The molecule has 0 atom stereocenters. The van der Waals surface area contributed by atoms with Crippen molar-refractivity contribution in [1.82, 2.24) is 19.6 Å². The first-order chi connectivity index (χ1) is 10.7. The Morgan fingerprint density at radius 1 is 1.00 bits per heavy atom. The van der Waals surface area contributed by atoms with Crippen molar-refractivity contribution in [2.24, 2.45) is 0 Å². The highest BCUT2D eigenvalue weighted by Gasteiger charge is 2.10. The lowest BCUT2D eigenvalue weighted by atomic mass is 10.2. The normalized spacial score (nSPS) is 11.2. The van der Waals surface area contributed by atoms with E-state index >= 15 is 0 Å². The van der Waals surface area contributed by atoms with Crippen LogP contribution in [0.3, 0.4) is 0 Å². The van der Waals surface area contributed by atoms with Gasteiger partial charge in [-0.1, -0.05) is 24.3 Å². The summed E-state index contributed by atoms with van der Waals surface area (Å²) in [5.41, 5.74) is 3.88. The fourth-order valence-corrected chi connectivity index (χ4v) is 2.53. The third-order valence-electron chi connectivity index (χ3n) is 3.70. The molecule has 0 fully saturated rings. The van der Waals surface area contributed by atoms with Gasteiger partial charge in [0.05, 0.1) is 5.52 Å². The van der Waals surface area contributed by atoms with E-state index in [1.807, 2.05) is 50.5 Å². The van der Waals surface area contributed by atoms with Crippen molar-refractivity contribution < 1.29 is 0 Å². The topological polar surface area (TPSA) is 46.3 Å². The number of hydrogen-bond acceptors (Lipinski definition) is 4. The van der Waals surface area contributed by atoms with Crippen LogP contribution < -0.4 is 4.90 Å². The molecular weight excluding hydrogens is 274 g/mol. The van der Waals surface area contributed by atoms with Gasteiger partial charge >= 0.3 is 0 Å². The molecule has 0 saturated heterocycles. The first-order valence-electron chi connectivity index (χ1n) is 7.10. The molecule has 0 bridgehead atoms. The second kappa shape index (κ2) is 4.80. The van der Waals surface area contributed by atoms with Crippen molar-refractivity contribution in [3.8, 4) is 11.4 Å². The SMILES string of the molecule is CN(C)c1cccc(-c2nc3c4ccccc4ncn3n2)c1. The average molecular weight is 289 g/mol. The maximum absolute atomic E-state index is 4.70. The number of aromatic nitrogens is 4. The fourth-order valence-electron chi connectivity index (χ4n) is 2.53. The number of anilines is 1. The first-order valence-corrected chi connectivity index (χ1v) is 7.10. The molecule has 0 unspecified atom stereocenters. The summed E-state index contributed by atoms with van der Waals surface area (Å²) in [6, 6.07) is 16.2. The summed E-state index contributed by atoms with van der Waals surface area (Å²) in [4.78, 5) is 11.2. The molecule has 0 spiro atoms. The van der Waals surface area contributed by atoms with Gasteiger partial charge in [-0.15, -0.1) is 5.10 Å². The van der Waals surface area contributed by atoms with Gasteiger partial charge in [-0.3, -0.25) is 0 Å². The highest BCUT2D eigenvalue weighted by atomic mass is 15.3. The van der Waals surface area contributed by atoms with E-state index in [9.17, 15) is 0 Å². The molecule has 22 heavy (non-hydrogen) atoms. The molecule has 0 radical (unpaired) electrons. The molecule has 108 valence electrons. The molecule has 5 nitrogen and oxygen atoms in total. The molecule has 0 aliphatic carbocycles. The largest absolute Gasteiger partial charge is 0.378 e. The molecule has 5 heteroatoms. The lowest BCUT2D eigenvalue weighted by molar-refractivity contribution is 0.938. The van der Waals surface area contributed by atoms with Gasteiger partial charge in [0.25, 0.3) is 0 Å². The molecule has 0 saturated carbocycles. The standard InChI is InChI=1S/C17H15N5/c1-21(2)13-7-5-6-12(10-13)16-19-17-14-8-3-4-9-15(14)18-11-22(17)20-16/h3-11H,1-2H3. The molecule has 4 aromatic rings. The number of rotatable bonds is 2. The number of benzene rings is 2. The molecule has 0 amide bonds. The Balaban J connectivity index is 1.93. The van der Waals surface area contributed by atoms with Crippen molar-refractivity contribution in [2.75, 3.05) is 19.0 Å². The Morgan fingerprint density at radius 3 is 2.73 bits per heavy atom. The predicted molar refractivity (Wildman–Crippen MR) is 88.1 cm³/mol. The molecule has 2 aromatic heterocycles. The number of nitrogens with zero attached hydrogens (tertiary/aromatic N) is 5. The zero-order chi connectivity index (χ0) is 15.1. The van der Waals surface area contributed by atoms with Crippen LogP contribution in [0.2, 0.25) is 0 Å². The quantitative estimate of drug-likeness (QED) is 0.569. The summed E-state index contributed by atoms with van der Waals surface area (Å²) in [5.74, 6) is 0.710. The van der Waals surface area contributed by atoms with Gasteiger partial charge in [0, 0.05) is 30.7 Å². The average Bonchev–Trinajstić information content (AvgIpc) is 2.99. The van der Waals surface area contributed by atoms with Crippen LogP contribution in [0.25, 0.3) is 27.9 Å². The van der Waals surface area contributed by atoms with Crippen molar-refractivity contribution >= 4 is 22.2 Å². The minimum Gasteiger partial charge on any atom is -0.378 e. The van der Waals surface area contributed by atoms with Crippen molar-refractivity contribution in [2.45, 2.75) is 0 Å². The Labute approximate surface area is 127 Å². The lowest BCUT2D eigenvalue weighted by Crippen LogP contribution is -2.08. The number of fused-ring (bicyclic) bond motifs is 3. The van der Waals surface area contributed by atoms with Gasteiger partial charge in [0.1, 0.15) is 6.33 Å². The van der Waals surface area contributed by atoms with Crippen LogP contribution in [0, 0.1) is 0 Å². The van der Waals surface area contributed by atoms with Crippen LogP contribution in [-0.4, -0.2) is 33.7 Å². The zero-order valence-corrected chi connectivity index (χ0v) is 12.4. The van der Waals surface area contributed by atoms with Gasteiger partial charge in [0.2, 0.25) is 0 Å². The zero-order valence-electron chi connectivity index (χ0n) is 12.4. The summed E-state index contributed by atoms with van der Waals surface area (Å²) in [6.45, 7) is 0. The molecule has 0 aliphatic rings. The van der Waals surface area contributed by atoms with E-state index in [4.69, 9.17) is 4.98 Å². The molecule has 2 heterocycles. The minimum atomic E-state index is 0.710. The number of para-hydroxylation sites is 1. The fraction of sp³-hybridized carbons (Fsp3) is 0.118. The van der Waals surface area contributed by atoms with E-state index in [0.717, 1.165) is 27.8 Å². The van der Waals surface area contributed by atoms with Gasteiger partial charge in [-0.05, 0) is 24.3 Å². The van der Waals surface area contributed by atoms with E-state index in [1.165, 1.54) is 0 Å². The van der Waals surface area contributed by atoms with Crippen LogP contribution in [-0.2, 0) is 0 Å². The molecular formula is C17H15N5. The molecule has 0 aliphatic heterocycles. The maximum Gasteiger partial charge on any atom is 0.182 e. The maximum atomic E-state index is 4.70. The number of hydrogen-bond donors (Lipinski definition) is 0. The van der Waals surface area contributed by atoms with Crippen LogP contribution in [0.5, 0.6) is 0 Å². The molecule has 0 N–H and O–H groups in total. The third kappa shape index (κ3) is 1.98. The van der Waals surface area contributed by atoms with Gasteiger partial charge in [-0.25, -0.2) is 14.5 Å². The van der Waals surface area contributed by atoms with Crippen LogP contribution in [0.1, 0.15) is 0 Å². The first kappa shape index (κ1) is 12.8. The minimum absolute atomic E-state index is 0.710. The predicted octanol–water partition coefficient (Wildman–Crippen LogP) is 3.01. The van der Waals surface area contributed by atoms with Crippen molar-refractivity contribution in [3.05, 3.63) is 54.9 Å². The Kier molecular flexibility index (Phi) is 2.79. The van der Waals surface area contributed by atoms with Crippen LogP contribution >= 0.6 is 0 Å². The van der Waals surface area contributed by atoms with E-state index < -0.39 is 0 Å². The molecule has 2 aromatic carbocycles. The van der Waals surface area contributed by atoms with E-state index in [0.29, 0.717) is 5.82 Å². The summed E-state index contributed by atoms with van der Waals surface area (Å²) < 4.78 is 1.74.